The first-order valence-electron chi connectivity index (χ1n) is 6.67. The number of hydrogen-bond acceptors (Lipinski definition) is 4. The van der Waals surface area contributed by atoms with E-state index in [-0.39, 0.29) is 16.9 Å². The van der Waals surface area contributed by atoms with Crippen LogP contribution in [0.25, 0.3) is 0 Å². The molecule has 0 fully saturated rings. The highest BCUT2D eigenvalue weighted by molar-refractivity contribution is 5.95. The van der Waals surface area contributed by atoms with Crippen LogP contribution in [0.3, 0.4) is 0 Å². The monoisotopic (exact) mass is 331 g/mol. The molecule has 0 saturated heterocycles. The van der Waals surface area contributed by atoms with Gasteiger partial charge in [-0.15, -0.1) is 0 Å². The van der Waals surface area contributed by atoms with Gasteiger partial charge in [0, 0.05) is 5.56 Å². The summed E-state index contributed by atoms with van der Waals surface area (Å²) in [6.45, 7) is -0.448. The van der Waals surface area contributed by atoms with Gasteiger partial charge in [0.2, 0.25) is 0 Å². The first-order valence-corrected chi connectivity index (χ1v) is 6.67. The summed E-state index contributed by atoms with van der Waals surface area (Å²) in [4.78, 5) is 23.3. The zero-order chi connectivity index (χ0) is 17.5. The van der Waals surface area contributed by atoms with Gasteiger partial charge in [0.1, 0.15) is 11.8 Å². The second kappa shape index (κ2) is 7.69. The van der Waals surface area contributed by atoms with Crippen LogP contribution in [0.5, 0.6) is 5.75 Å². The van der Waals surface area contributed by atoms with E-state index < -0.39 is 30.1 Å². The Morgan fingerprint density at radius 3 is 2.54 bits per heavy atom. The Bertz CT molecular complexity index is 818. The number of carbonyl (C=O) groups is 2. The van der Waals surface area contributed by atoms with E-state index in [0.29, 0.717) is 6.07 Å². The fraction of sp³-hybridized carbons (Fsp3) is 0.0625. The molecule has 0 aliphatic heterocycles. The van der Waals surface area contributed by atoms with Crippen molar-refractivity contribution in [3.8, 4) is 11.8 Å². The first kappa shape index (κ1) is 16.9. The fourth-order valence-corrected chi connectivity index (χ4v) is 1.70. The van der Waals surface area contributed by atoms with Crippen LogP contribution >= 0.6 is 0 Å². The smallest absolute Gasteiger partial charge is 0.276 e. The molecule has 0 radical (unpaired) electrons. The lowest BCUT2D eigenvalue weighted by atomic mass is 10.2. The number of halogens is 2. The van der Waals surface area contributed by atoms with Crippen molar-refractivity contribution in [3.63, 3.8) is 0 Å². The van der Waals surface area contributed by atoms with Crippen LogP contribution < -0.4 is 15.6 Å². The van der Waals surface area contributed by atoms with Gasteiger partial charge in [-0.3, -0.25) is 20.4 Å². The molecule has 122 valence electrons. The average Bonchev–Trinajstić information content (AvgIpc) is 2.60. The SMILES string of the molecule is N#Cc1ccccc1OCC(=O)NNC(=O)c1ccc(F)c(F)c1. The lowest BCUT2D eigenvalue weighted by Gasteiger charge is -2.09. The van der Waals surface area contributed by atoms with Crippen molar-refractivity contribution in [3.05, 3.63) is 65.2 Å². The largest absolute Gasteiger partial charge is 0.482 e. The average molecular weight is 331 g/mol. The highest BCUT2D eigenvalue weighted by atomic mass is 19.2. The number of carbonyl (C=O) groups excluding carboxylic acids is 2. The van der Waals surface area contributed by atoms with E-state index >= 15 is 0 Å². The summed E-state index contributed by atoms with van der Waals surface area (Å²) in [7, 11) is 0. The molecule has 0 bridgehead atoms. The van der Waals surface area contributed by atoms with Crippen LogP contribution in [0.15, 0.2) is 42.5 Å². The number of hydrazine groups is 1. The van der Waals surface area contributed by atoms with Crippen LogP contribution in [-0.2, 0) is 4.79 Å². The number of nitriles is 1. The Morgan fingerprint density at radius 1 is 1.08 bits per heavy atom. The van der Waals surface area contributed by atoms with E-state index in [9.17, 15) is 18.4 Å². The number of benzene rings is 2. The molecule has 8 heteroatoms. The molecule has 6 nitrogen and oxygen atoms in total. The molecule has 2 N–H and O–H groups in total. The lowest BCUT2D eigenvalue weighted by Crippen LogP contribution is -2.43. The number of amides is 2. The number of nitrogens with one attached hydrogen (secondary N) is 2. The molecule has 0 saturated carbocycles. The van der Waals surface area contributed by atoms with Gasteiger partial charge in [0.15, 0.2) is 18.2 Å². The van der Waals surface area contributed by atoms with Gasteiger partial charge < -0.3 is 4.74 Å². The van der Waals surface area contributed by atoms with Gasteiger partial charge in [-0.25, -0.2) is 8.78 Å². The van der Waals surface area contributed by atoms with Crippen molar-refractivity contribution in [2.24, 2.45) is 0 Å². The van der Waals surface area contributed by atoms with Crippen LogP contribution in [0.4, 0.5) is 8.78 Å². The summed E-state index contributed by atoms with van der Waals surface area (Å²) < 4.78 is 31.0. The van der Waals surface area contributed by atoms with Gasteiger partial charge in [-0.05, 0) is 30.3 Å². The predicted molar refractivity (Wildman–Crippen MR) is 78.6 cm³/mol. The zero-order valence-electron chi connectivity index (χ0n) is 12.2. The summed E-state index contributed by atoms with van der Waals surface area (Å²) >= 11 is 0. The van der Waals surface area contributed by atoms with Gasteiger partial charge in [-0.1, -0.05) is 12.1 Å². The Hall–Kier alpha value is -3.47. The number of para-hydroxylation sites is 1. The van der Waals surface area contributed by atoms with Crippen molar-refractivity contribution in [1.29, 1.82) is 5.26 Å². The summed E-state index contributed by atoms with van der Waals surface area (Å²) in [6, 6.07) is 10.8. The maximum absolute atomic E-state index is 13.0. The molecule has 2 aromatic rings. The summed E-state index contributed by atoms with van der Waals surface area (Å²) in [5, 5.41) is 8.88. The Kier molecular flexibility index (Phi) is 5.41. The topological polar surface area (TPSA) is 91.2 Å². The third-order valence-corrected chi connectivity index (χ3v) is 2.86. The highest BCUT2D eigenvalue weighted by Gasteiger charge is 2.11. The van der Waals surface area contributed by atoms with Crippen LogP contribution in [0, 0.1) is 23.0 Å². The number of rotatable bonds is 4. The summed E-state index contributed by atoms with van der Waals surface area (Å²) in [5.41, 5.74) is 4.20. The van der Waals surface area contributed by atoms with E-state index in [2.05, 4.69) is 5.43 Å². The van der Waals surface area contributed by atoms with Gasteiger partial charge >= 0.3 is 0 Å². The van der Waals surface area contributed by atoms with E-state index in [0.717, 1.165) is 12.1 Å². The number of hydrogen-bond donors (Lipinski definition) is 2. The quantitative estimate of drug-likeness (QED) is 0.834. The van der Waals surface area contributed by atoms with E-state index in [1.54, 1.807) is 12.1 Å². The molecule has 0 atom stereocenters. The van der Waals surface area contributed by atoms with Gasteiger partial charge in [0.05, 0.1) is 5.56 Å². The van der Waals surface area contributed by atoms with Gasteiger partial charge in [0.25, 0.3) is 11.8 Å². The molecule has 0 aliphatic rings. The molecule has 24 heavy (non-hydrogen) atoms. The molecule has 0 aliphatic carbocycles. The predicted octanol–water partition coefficient (Wildman–Crippen LogP) is 1.68. The van der Waals surface area contributed by atoms with E-state index in [1.165, 1.54) is 12.1 Å². The Balaban J connectivity index is 1.86. The number of ether oxygens (including phenoxy) is 1. The second-order valence-electron chi connectivity index (χ2n) is 4.53. The maximum Gasteiger partial charge on any atom is 0.276 e. The van der Waals surface area contributed by atoms with Crippen molar-refractivity contribution >= 4 is 11.8 Å². The molecule has 0 spiro atoms. The van der Waals surface area contributed by atoms with Crippen molar-refractivity contribution in [1.82, 2.24) is 10.9 Å². The van der Waals surface area contributed by atoms with E-state index in [1.807, 2.05) is 11.5 Å². The standard InChI is InChI=1S/C16H11F2N3O3/c17-12-6-5-10(7-13(12)18)16(23)21-20-15(22)9-24-14-4-2-1-3-11(14)8-19/h1-7H,9H2,(H,20,22)(H,21,23). The summed E-state index contributed by atoms with van der Waals surface area (Å²) in [5.74, 6) is -3.55. The van der Waals surface area contributed by atoms with Crippen molar-refractivity contribution in [2.45, 2.75) is 0 Å². The normalized spacial score (nSPS) is 9.71. The maximum atomic E-state index is 13.0. The second-order valence-corrected chi connectivity index (χ2v) is 4.53. The lowest BCUT2D eigenvalue weighted by molar-refractivity contribution is -0.123. The van der Waals surface area contributed by atoms with Crippen molar-refractivity contribution < 1.29 is 23.1 Å². The Morgan fingerprint density at radius 2 is 1.83 bits per heavy atom. The first-order chi connectivity index (χ1) is 11.5. The van der Waals surface area contributed by atoms with Crippen molar-refractivity contribution in [2.75, 3.05) is 6.61 Å². The summed E-state index contributed by atoms with van der Waals surface area (Å²) in [6.07, 6.45) is 0. The highest BCUT2D eigenvalue weighted by Crippen LogP contribution is 2.16. The fourth-order valence-electron chi connectivity index (χ4n) is 1.70. The van der Waals surface area contributed by atoms with E-state index in [4.69, 9.17) is 10.00 Å². The minimum atomic E-state index is -1.18. The molecule has 2 amide bonds. The van der Waals surface area contributed by atoms with Crippen LogP contribution in [-0.4, -0.2) is 18.4 Å². The molecule has 0 unspecified atom stereocenters. The molecule has 2 rings (SSSR count). The molecular weight excluding hydrogens is 320 g/mol. The number of nitrogens with zero attached hydrogens (tertiary/aromatic N) is 1. The molecule has 0 heterocycles. The third-order valence-electron chi connectivity index (χ3n) is 2.86. The molecule has 0 aromatic heterocycles. The van der Waals surface area contributed by atoms with Crippen LogP contribution in [0.2, 0.25) is 0 Å². The third kappa shape index (κ3) is 4.27. The molecular formula is C16H11F2N3O3. The van der Waals surface area contributed by atoms with Crippen LogP contribution in [0.1, 0.15) is 15.9 Å². The minimum Gasteiger partial charge on any atom is -0.482 e. The zero-order valence-corrected chi connectivity index (χ0v) is 12.2. The molecule has 2 aromatic carbocycles. The Labute approximate surface area is 135 Å². The minimum absolute atomic E-state index is 0.162. The van der Waals surface area contributed by atoms with Gasteiger partial charge in [-0.2, -0.15) is 5.26 Å².